The van der Waals surface area contributed by atoms with Crippen molar-refractivity contribution in [2.75, 3.05) is 0 Å². The minimum atomic E-state index is -0.949. The predicted octanol–water partition coefficient (Wildman–Crippen LogP) is 1.87. The molecule has 0 amide bonds. The Hall–Kier alpha value is -1.53. The lowest BCUT2D eigenvalue weighted by Crippen LogP contribution is -1.91. The summed E-state index contributed by atoms with van der Waals surface area (Å²) in [7, 11) is 0. The highest BCUT2D eigenvalue weighted by Crippen LogP contribution is 2.14. The van der Waals surface area contributed by atoms with E-state index in [2.05, 4.69) is 16.8 Å². The van der Waals surface area contributed by atoms with Crippen molar-refractivity contribution in [1.29, 1.82) is 0 Å². The smallest absolute Gasteiger partial charge is 0.315 e. The molecule has 1 N–H and O–H groups in total. The van der Waals surface area contributed by atoms with Gasteiger partial charge in [-0.1, -0.05) is 23.4 Å². The van der Waals surface area contributed by atoms with E-state index in [0.29, 0.717) is 10.7 Å². The van der Waals surface area contributed by atoms with Gasteiger partial charge in [0.15, 0.2) is 0 Å². The Bertz CT molecular complexity index is 398. The summed E-state index contributed by atoms with van der Waals surface area (Å²) in [6.45, 7) is 1.85. The summed E-state index contributed by atoms with van der Waals surface area (Å²) in [6.07, 6.45) is 1.39. The number of carboxylic acid groups (broad SMARTS) is 1. The molecule has 1 aromatic heterocycles. The van der Waals surface area contributed by atoms with E-state index in [1.54, 1.807) is 12.3 Å². The van der Waals surface area contributed by atoms with Crippen LogP contribution in [0.5, 0.6) is 0 Å². The molecule has 3 nitrogen and oxygen atoms in total. The molecule has 0 bridgehead atoms. The van der Waals surface area contributed by atoms with E-state index in [1.165, 1.54) is 0 Å². The summed E-state index contributed by atoms with van der Waals surface area (Å²) in [6, 6.07) is 1.77. The second-order valence-corrected chi connectivity index (χ2v) is 3.02. The topological polar surface area (TPSA) is 50.2 Å². The maximum Gasteiger partial charge on any atom is 0.315 e. The average Bonchev–Trinajstić information content (AvgIpc) is 2.09. The van der Waals surface area contributed by atoms with Crippen LogP contribution in [0.1, 0.15) is 17.5 Å². The Morgan fingerprint density at radius 2 is 2.43 bits per heavy atom. The third-order valence-corrected chi connectivity index (χ3v) is 1.85. The van der Waals surface area contributed by atoms with Crippen LogP contribution < -0.4 is 0 Å². The van der Waals surface area contributed by atoms with Crippen LogP contribution in [0.2, 0.25) is 5.15 Å². The number of nitrogens with zero attached hydrogens (tertiary/aromatic N) is 1. The van der Waals surface area contributed by atoms with Crippen molar-refractivity contribution < 1.29 is 9.90 Å². The first-order chi connectivity index (χ1) is 6.61. The molecule has 0 atom stereocenters. The van der Waals surface area contributed by atoms with Crippen molar-refractivity contribution in [3.63, 3.8) is 0 Å². The molecular weight excluding hydrogens is 202 g/mol. The largest absolute Gasteiger partial charge is 0.481 e. The minimum Gasteiger partial charge on any atom is -0.481 e. The summed E-state index contributed by atoms with van der Waals surface area (Å²) in [4.78, 5) is 14.1. The maximum atomic E-state index is 10.2. The maximum absolute atomic E-state index is 10.2. The molecule has 1 rings (SSSR count). The molecule has 1 aromatic rings. The van der Waals surface area contributed by atoms with Crippen molar-refractivity contribution in [2.45, 2.75) is 13.3 Å². The minimum absolute atomic E-state index is 0.190. The first-order valence-electron chi connectivity index (χ1n) is 3.93. The van der Waals surface area contributed by atoms with Gasteiger partial charge >= 0.3 is 5.97 Å². The van der Waals surface area contributed by atoms with Gasteiger partial charge in [-0.25, -0.2) is 4.98 Å². The van der Waals surface area contributed by atoms with E-state index in [0.717, 1.165) is 5.56 Å². The molecule has 4 heteroatoms. The molecule has 0 aliphatic heterocycles. The van der Waals surface area contributed by atoms with E-state index in [4.69, 9.17) is 16.7 Å². The van der Waals surface area contributed by atoms with Gasteiger partial charge in [-0.3, -0.25) is 4.79 Å². The Morgan fingerprint density at radius 1 is 1.71 bits per heavy atom. The van der Waals surface area contributed by atoms with Gasteiger partial charge in [-0.2, -0.15) is 0 Å². The van der Waals surface area contributed by atoms with Gasteiger partial charge in [0.25, 0.3) is 0 Å². The lowest BCUT2D eigenvalue weighted by molar-refractivity contribution is -0.135. The van der Waals surface area contributed by atoms with Gasteiger partial charge < -0.3 is 5.11 Å². The first-order valence-corrected chi connectivity index (χ1v) is 4.31. The molecule has 0 spiro atoms. The van der Waals surface area contributed by atoms with E-state index in [1.807, 2.05) is 6.92 Å². The zero-order chi connectivity index (χ0) is 10.6. The van der Waals surface area contributed by atoms with Crippen LogP contribution in [-0.2, 0) is 4.79 Å². The number of rotatable bonds is 1. The zero-order valence-corrected chi connectivity index (χ0v) is 8.30. The second-order valence-electron chi connectivity index (χ2n) is 2.67. The summed E-state index contributed by atoms with van der Waals surface area (Å²) < 4.78 is 0. The highest BCUT2D eigenvalue weighted by atomic mass is 35.5. The third kappa shape index (κ3) is 2.75. The Balaban J connectivity index is 2.94. The predicted molar refractivity (Wildman–Crippen MR) is 53.1 cm³/mol. The molecule has 0 radical (unpaired) electrons. The van der Waals surface area contributed by atoms with Crippen LogP contribution in [0, 0.1) is 18.8 Å². The number of aromatic nitrogens is 1. The van der Waals surface area contributed by atoms with Crippen molar-refractivity contribution in [1.82, 2.24) is 4.98 Å². The Labute approximate surface area is 86.7 Å². The standard InChI is InChI=1S/C10H8ClNO2/c1-7-5-6-12-10(11)8(7)3-2-4-9(13)14/h5-6H,4H2,1H3,(H,13,14). The monoisotopic (exact) mass is 209 g/mol. The summed E-state index contributed by atoms with van der Waals surface area (Å²) in [5, 5.41) is 8.69. The van der Waals surface area contributed by atoms with Gasteiger partial charge in [0.05, 0.1) is 5.56 Å². The van der Waals surface area contributed by atoms with Crippen molar-refractivity contribution in [3.05, 3.63) is 28.5 Å². The lowest BCUT2D eigenvalue weighted by Gasteiger charge is -1.97. The number of aryl methyl sites for hydroxylation is 1. The molecule has 72 valence electrons. The second kappa shape index (κ2) is 4.64. The highest BCUT2D eigenvalue weighted by Gasteiger charge is 2.00. The number of pyridine rings is 1. The van der Waals surface area contributed by atoms with Gasteiger partial charge in [-0.05, 0) is 18.6 Å². The van der Waals surface area contributed by atoms with Crippen LogP contribution in [-0.4, -0.2) is 16.1 Å². The molecular formula is C10H8ClNO2. The number of halogens is 1. The third-order valence-electron chi connectivity index (χ3n) is 1.57. The fourth-order valence-corrected chi connectivity index (χ4v) is 1.14. The van der Waals surface area contributed by atoms with E-state index < -0.39 is 5.97 Å². The zero-order valence-electron chi connectivity index (χ0n) is 7.54. The average molecular weight is 210 g/mol. The molecule has 0 aliphatic rings. The molecule has 0 unspecified atom stereocenters. The van der Waals surface area contributed by atoms with Crippen LogP contribution in [0.25, 0.3) is 0 Å². The molecule has 0 fully saturated rings. The van der Waals surface area contributed by atoms with E-state index in [9.17, 15) is 4.79 Å². The van der Waals surface area contributed by atoms with Gasteiger partial charge in [0.2, 0.25) is 0 Å². The Kier molecular flexibility index (Phi) is 3.49. The van der Waals surface area contributed by atoms with Crippen molar-refractivity contribution in [3.8, 4) is 11.8 Å². The number of aliphatic carboxylic acids is 1. The molecule has 14 heavy (non-hydrogen) atoms. The molecule has 0 saturated heterocycles. The van der Waals surface area contributed by atoms with Crippen molar-refractivity contribution >= 4 is 17.6 Å². The van der Waals surface area contributed by atoms with E-state index >= 15 is 0 Å². The Morgan fingerprint density at radius 3 is 3.00 bits per heavy atom. The summed E-state index contributed by atoms with van der Waals surface area (Å²) in [5.74, 6) is 4.25. The van der Waals surface area contributed by atoms with E-state index in [-0.39, 0.29) is 6.42 Å². The quantitative estimate of drug-likeness (QED) is 0.568. The lowest BCUT2D eigenvalue weighted by atomic mass is 10.1. The van der Waals surface area contributed by atoms with Gasteiger partial charge in [0.1, 0.15) is 11.6 Å². The SMILES string of the molecule is Cc1ccnc(Cl)c1C#CCC(=O)O. The van der Waals surface area contributed by atoms with Gasteiger partial charge in [-0.15, -0.1) is 0 Å². The van der Waals surface area contributed by atoms with Gasteiger partial charge in [0, 0.05) is 6.20 Å². The molecule has 0 aliphatic carbocycles. The first kappa shape index (κ1) is 10.6. The molecule has 0 saturated carbocycles. The molecule has 1 heterocycles. The number of hydrogen-bond acceptors (Lipinski definition) is 2. The number of carbonyl (C=O) groups is 1. The fourth-order valence-electron chi connectivity index (χ4n) is 0.883. The number of hydrogen-bond donors (Lipinski definition) is 1. The van der Waals surface area contributed by atoms with Crippen LogP contribution in [0.3, 0.4) is 0 Å². The summed E-state index contributed by atoms with van der Waals surface area (Å²) >= 11 is 5.78. The van der Waals surface area contributed by atoms with Crippen LogP contribution in [0.4, 0.5) is 0 Å². The summed E-state index contributed by atoms with van der Waals surface area (Å²) in [5.41, 5.74) is 1.48. The van der Waals surface area contributed by atoms with Crippen LogP contribution in [0.15, 0.2) is 12.3 Å². The van der Waals surface area contributed by atoms with Crippen LogP contribution >= 0.6 is 11.6 Å². The number of carboxylic acids is 1. The van der Waals surface area contributed by atoms with Crippen molar-refractivity contribution in [2.24, 2.45) is 0 Å². The molecule has 0 aromatic carbocycles. The normalized spacial score (nSPS) is 9.00. The highest BCUT2D eigenvalue weighted by molar-refractivity contribution is 6.30. The fraction of sp³-hybridized carbons (Fsp3) is 0.200.